The highest BCUT2D eigenvalue weighted by Gasteiger charge is 2.13. The Balaban J connectivity index is 1.52. The van der Waals surface area contributed by atoms with Crippen molar-refractivity contribution in [2.45, 2.75) is 31.5 Å². The third kappa shape index (κ3) is 5.56. The number of halogens is 2. The van der Waals surface area contributed by atoms with Gasteiger partial charge in [0.25, 0.3) is 0 Å². The van der Waals surface area contributed by atoms with Crippen molar-refractivity contribution in [2.24, 2.45) is 7.05 Å². The summed E-state index contributed by atoms with van der Waals surface area (Å²) in [5.74, 6) is -0.170. The summed E-state index contributed by atoms with van der Waals surface area (Å²) in [4.78, 5) is 12.1. The lowest BCUT2D eigenvalue weighted by atomic mass is 10.0. The molecule has 3 aromatic rings. The molecule has 0 bridgehead atoms. The minimum atomic E-state index is -0.826. The van der Waals surface area contributed by atoms with Crippen LogP contribution in [0.1, 0.15) is 31.2 Å². The lowest BCUT2D eigenvalue weighted by Crippen LogP contribution is -2.15. The summed E-state index contributed by atoms with van der Waals surface area (Å²) < 4.78 is 34.1. The number of thioether (sulfide) groups is 1. The van der Waals surface area contributed by atoms with Crippen molar-refractivity contribution < 1.29 is 18.3 Å². The zero-order valence-corrected chi connectivity index (χ0v) is 17.7. The van der Waals surface area contributed by atoms with Crippen LogP contribution in [0.15, 0.2) is 47.6 Å². The molecular weight excluding hydrogens is 410 g/mol. The largest absolute Gasteiger partial charge is 0.486 e. The van der Waals surface area contributed by atoms with Crippen LogP contribution in [0.3, 0.4) is 0 Å². The van der Waals surface area contributed by atoms with E-state index in [1.165, 1.54) is 11.6 Å². The molecule has 0 aliphatic heterocycles. The Morgan fingerprint density at radius 1 is 1.17 bits per heavy atom. The Bertz CT molecular complexity index is 1020. The van der Waals surface area contributed by atoms with Crippen LogP contribution in [0, 0.1) is 11.6 Å². The Hall–Kier alpha value is -2.94. The van der Waals surface area contributed by atoms with E-state index in [1.807, 2.05) is 24.3 Å². The number of ether oxygens (including phenoxy) is 1. The van der Waals surface area contributed by atoms with Gasteiger partial charge in [0.15, 0.2) is 11.0 Å². The fourth-order valence-corrected chi connectivity index (χ4v) is 3.33. The molecule has 9 heteroatoms. The van der Waals surface area contributed by atoms with Gasteiger partial charge in [-0.15, -0.1) is 10.2 Å². The highest BCUT2D eigenvalue weighted by molar-refractivity contribution is 7.99. The molecule has 0 fully saturated rings. The van der Waals surface area contributed by atoms with E-state index in [1.54, 1.807) is 11.6 Å². The van der Waals surface area contributed by atoms with Crippen molar-refractivity contribution in [2.75, 3.05) is 11.1 Å². The first-order valence-corrected chi connectivity index (χ1v) is 10.3. The van der Waals surface area contributed by atoms with E-state index >= 15 is 0 Å². The van der Waals surface area contributed by atoms with Crippen LogP contribution in [-0.2, 0) is 18.4 Å². The Morgan fingerprint density at radius 3 is 2.57 bits per heavy atom. The van der Waals surface area contributed by atoms with Crippen molar-refractivity contribution in [1.82, 2.24) is 14.8 Å². The Kier molecular flexibility index (Phi) is 7.04. The number of carbonyl (C=O) groups excluding carboxylic acids is 1. The molecule has 0 spiro atoms. The quantitative estimate of drug-likeness (QED) is 0.530. The number of carbonyl (C=O) groups is 1. The number of hydrogen-bond acceptors (Lipinski definition) is 5. The summed E-state index contributed by atoms with van der Waals surface area (Å²) >= 11 is 1.16. The van der Waals surface area contributed by atoms with Gasteiger partial charge in [0.05, 0.1) is 11.4 Å². The predicted molar refractivity (Wildman–Crippen MR) is 112 cm³/mol. The minimum absolute atomic E-state index is 0.000309. The van der Waals surface area contributed by atoms with Gasteiger partial charge in [0.2, 0.25) is 5.91 Å². The molecule has 0 saturated heterocycles. The van der Waals surface area contributed by atoms with Gasteiger partial charge < -0.3 is 14.6 Å². The highest BCUT2D eigenvalue weighted by atomic mass is 32.2. The second-order valence-electron chi connectivity index (χ2n) is 6.93. The first kappa shape index (κ1) is 21.8. The molecule has 1 heterocycles. The first-order valence-electron chi connectivity index (χ1n) is 9.32. The van der Waals surface area contributed by atoms with Gasteiger partial charge in [0, 0.05) is 13.1 Å². The molecule has 0 aliphatic rings. The van der Waals surface area contributed by atoms with Crippen LogP contribution < -0.4 is 10.1 Å². The number of rotatable bonds is 8. The zero-order chi connectivity index (χ0) is 21.7. The third-order valence-corrected chi connectivity index (χ3v) is 5.40. The molecule has 0 radical (unpaired) electrons. The smallest absolute Gasteiger partial charge is 0.234 e. The summed E-state index contributed by atoms with van der Waals surface area (Å²) in [5.41, 5.74) is 1.16. The number of amides is 1. The number of aromatic nitrogens is 3. The van der Waals surface area contributed by atoms with E-state index in [4.69, 9.17) is 4.74 Å². The summed E-state index contributed by atoms with van der Waals surface area (Å²) in [6, 6.07) is 10.9. The number of hydrogen-bond donors (Lipinski definition) is 1. The lowest BCUT2D eigenvalue weighted by molar-refractivity contribution is -0.113. The fraction of sp³-hybridized carbons (Fsp3) is 0.286. The van der Waals surface area contributed by atoms with Gasteiger partial charge in [-0.25, -0.2) is 8.78 Å². The molecular formula is C21H22F2N4O2S. The second kappa shape index (κ2) is 9.71. The second-order valence-corrected chi connectivity index (χ2v) is 7.87. The van der Waals surface area contributed by atoms with Crippen LogP contribution in [0.5, 0.6) is 5.75 Å². The average molecular weight is 432 g/mol. The molecule has 3 rings (SSSR count). The first-order chi connectivity index (χ1) is 14.3. The van der Waals surface area contributed by atoms with E-state index in [-0.39, 0.29) is 18.0 Å². The van der Waals surface area contributed by atoms with Crippen LogP contribution in [0.25, 0.3) is 0 Å². The molecule has 1 amide bonds. The number of nitrogens with one attached hydrogen (secondary N) is 1. The van der Waals surface area contributed by atoms with Gasteiger partial charge in [-0.2, -0.15) is 0 Å². The Morgan fingerprint density at radius 2 is 1.90 bits per heavy atom. The van der Waals surface area contributed by atoms with Crippen molar-refractivity contribution in [3.05, 3.63) is 65.5 Å². The third-order valence-electron chi connectivity index (χ3n) is 4.38. The van der Waals surface area contributed by atoms with Gasteiger partial charge in [-0.1, -0.05) is 37.7 Å². The SMILES string of the molecule is CC(C)c1ccc(OCc2nnc(SCC(=O)Nc3ccc(F)cc3F)n2C)cc1. The summed E-state index contributed by atoms with van der Waals surface area (Å²) in [5, 5.41) is 11.1. The van der Waals surface area contributed by atoms with Crippen LogP contribution in [-0.4, -0.2) is 26.4 Å². The summed E-state index contributed by atoms with van der Waals surface area (Å²) in [6.45, 7) is 4.49. The van der Waals surface area contributed by atoms with E-state index < -0.39 is 17.5 Å². The molecule has 0 unspecified atom stereocenters. The predicted octanol–water partition coefficient (Wildman–Crippen LogP) is 4.53. The van der Waals surface area contributed by atoms with Crippen LogP contribution >= 0.6 is 11.8 Å². The lowest BCUT2D eigenvalue weighted by Gasteiger charge is -2.09. The van der Waals surface area contributed by atoms with Gasteiger partial charge in [0.1, 0.15) is 24.0 Å². The van der Waals surface area contributed by atoms with Crippen LogP contribution in [0.4, 0.5) is 14.5 Å². The molecule has 0 atom stereocenters. The van der Waals surface area contributed by atoms with Crippen molar-refractivity contribution in [3.8, 4) is 5.75 Å². The zero-order valence-electron chi connectivity index (χ0n) is 16.9. The highest BCUT2D eigenvalue weighted by Crippen LogP contribution is 2.21. The fourth-order valence-electron chi connectivity index (χ4n) is 2.60. The normalized spacial score (nSPS) is 11.0. The average Bonchev–Trinajstić information content (AvgIpc) is 3.07. The molecule has 1 aromatic heterocycles. The number of benzene rings is 2. The van der Waals surface area contributed by atoms with Crippen LogP contribution in [0.2, 0.25) is 0 Å². The van der Waals surface area contributed by atoms with Gasteiger partial charge in [-0.3, -0.25) is 4.79 Å². The minimum Gasteiger partial charge on any atom is -0.486 e. The molecule has 0 saturated carbocycles. The van der Waals surface area contributed by atoms with E-state index in [9.17, 15) is 13.6 Å². The number of anilines is 1. The monoisotopic (exact) mass is 432 g/mol. The maximum atomic E-state index is 13.6. The van der Waals surface area contributed by atoms with Gasteiger partial charge in [-0.05, 0) is 35.7 Å². The molecule has 1 N–H and O–H groups in total. The molecule has 158 valence electrons. The Labute approximate surface area is 177 Å². The number of nitrogens with zero attached hydrogens (tertiary/aromatic N) is 3. The summed E-state index contributed by atoms with van der Waals surface area (Å²) in [6.07, 6.45) is 0. The molecule has 2 aromatic carbocycles. The van der Waals surface area contributed by atoms with Gasteiger partial charge >= 0.3 is 0 Å². The van der Waals surface area contributed by atoms with E-state index in [2.05, 4.69) is 29.4 Å². The standard InChI is InChI=1S/C21H22F2N4O2S/c1-13(2)14-4-7-16(8-5-14)29-11-19-25-26-21(27(19)3)30-12-20(28)24-18-9-6-15(22)10-17(18)23/h4-10,13H,11-12H2,1-3H3,(H,24,28). The molecule has 30 heavy (non-hydrogen) atoms. The maximum absolute atomic E-state index is 13.6. The maximum Gasteiger partial charge on any atom is 0.234 e. The molecule has 0 aliphatic carbocycles. The van der Waals surface area contributed by atoms with Crippen molar-refractivity contribution in [3.63, 3.8) is 0 Å². The van der Waals surface area contributed by atoms with Crippen molar-refractivity contribution >= 4 is 23.4 Å². The molecule has 6 nitrogen and oxygen atoms in total. The van der Waals surface area contributed by atoms with E-state index in [0.717, 1.165) is 23.6 Å². The topological polar surface area (TPSA) is 69.0 Å². The van der Waals surface area contributed by atoms with E-state index in [0.29, 0.717) is 23.0 Å². The summed E-state index contributed by atoms with van der Waals surface area (Å²) in [7, 11) is 1.78. The van der Waals surface area contributed by atoms with Crippen molar-refractivity contribution in [1.29, 1.82) is 0 Å².